The molecular formula is C36H38ClN5O4S. The summed E-state index contributed by atoms with van der Waals surface area (Å²) >= 11 is 6.49. The third-order valence-corrected chi connectivity index (χ3v) is 11.4. The van der Waals surface area contributed by atoms with E-state index >= 15 is 0 Å². The van der Waals surface area contributed by atoms with Crippen LogP contribution >= 0.6 is 11.6 Å². The number of amides is 1. The molecule has 3 aliphatic rings. The molecule has 0 radical (unpaired) electrons. The van der Waals surface area contributed by atoms with Crippen molar-refractivity contribution in [1.82, 2.24) is 19.0 Å². The number of benzene rings is 3. The molecule has 2 aliphatic carbocycles. The number of halogens is 1. The van der Waals surface area contributed by atoms with Gasteiger partial charge < -0.3 is 18.8 Å². The van der Waals surface area contributed by atoms with Crippen molar-refractivity contribution in [3.05, 3.63) is 65.2 Å². The van der Waals surface area contributed by atoms with Gasteiger partial charge in [-0.1, -0.05) is 36.7 Å². The topological polar surface area (TPSA) is 98.5 Å². The molecule has 1 saturated heterocycles. The second-order valence-electron chi connectivity index (χ2n) is 13.7. The van der Waals surface area contributed by atoms with E-state index in [1.165, 1.54) is 19.3 Å². The fraction of sp³-hybridized carbons (Fsp3) is 0.389. The molecule has 2 bridgehead atoms. The summed E-state index contributed by atoms with van der Waals surface area (Å²) in [6.07, 6.45) is 5.79. The Kier molecular flexibility index (Phi) is 7.11. The Morgan fingerprint density at radius 2 is 1.81 bits per heavy atom. The number of methoxy groups -OCH3 is 1. The van der Waals surface area contributed by atoms with Crippen LogP contribution < -0.4 is 9.46 Å². The number of imidazole rings is 1. The standard InChI is InChI=1S/C36H38ClN5O4S/c1-20-25-10-12-30(20)42(19-25)36(43)26-14-29-34(33(17-26)46-3)40(2)35(38-29)32-16-24-8-7-23(15-31(24)41(32)18-21-5-6-21)22-9-11-28(27(37)13-22)39-47(4,44)45/h7-9,11,13-17,20-21,25,30,39H,5-6,10,12,18-19H2,1-4H3/t20-,25?,30?/m1/s1. The van der Waals surface area contributed by atoms with E-state index in [-0.39, 0.29) is 5.91 Å². The number of ether oxygens (including phenoxy) is 1. The van der Waals surface area contributed by atoms with E-state index in [1.54, 1.807) is 19.2 Å². The Morgan fingerprint density at radius 3 is 2.47 bits per heavy atom. The Labute approximate surface area is 279 Å². The minimum absolute atomic E-state index is 0.0621. The highest BCUT2D eigenvalue weighted by Gasteiger charge is 2.46. The van der Waals surface area contributed by atoms with E-state index in [2.05, 4.69) is 49.9 Å². The molecule has 5 aromatic rings. The van der Waals surface area contributed by atoms with Crippen molar-refractivity contribution < 1.29 is 17.9 Å². The molecular weight excluding hydrogens is 634 g/mol. The first kappa shape index (κ1) is 30.3. The molecule has 3 fully saturated rings. The highest BCUT2D eigenvalue weighted by Crippen LogP contribution is 2.44. The number of sulfonamides is 1. The molecule has 47 heavy (non-hydrogen) atoms. The molecule has 1 aliphatic heterocycles. The van der Waals surface area contributed by atoms with Gasteiger partial charge in [-0.15, -0.1) is 0 Å². The van der Waals surface area contributed by atoms with Crippen LogP contribution in [0.5, 0.6) is 5.75 Å². The van der Waals surface area contributed by atoms with E-state index in [0.717, 1.165) is 70.3 Å². The fourth-order valence-electron chi connectivity index (χ4n) is 7.88. The number of hydrogen-bond donors (Lipinski definition) is 1. The maximum Gasteiger partial charge on any atom is 0.254 e. The van der Waals surface area contributed by atoms with Crippen LogP contribution in [0.25, 0.3) is 44.6 Å². The number of carbonyl (C=O) groups is 1. The number of anilines is 1. The van der Waals surface area contributed by atoms with E-state index in [4.69, 9.17) is 21.3 Å². The summed E-state index contributed by atoms with van der Waals surface area (Å²) < 4.78 is 36.3. The van der Waals surface area contributed by atoms with E-state index in [9.17, 15) is 13.2 Å². The Hall–Kier alpha value is -4.02. The number of fused-ring (bicyclic) bond motifs is 4. The third kappa shape index (κ3) is 5.26. The van der Waals surface area contributed by atoms with Crippen LogP contribution in [0.3, 0.4) is 0 Å². The molecule has 3 heterocycles. The highest BCUT2D eigenvalue weighted by molar-refractivity contribution is 7.92. The van der Waals surface area contributed by atoms with Gasteiger partial charge in [-0.3, -0.25) is 9.52 Å². The number of nitrogens with one attached hydrogen (secondary N) is 1. The first-order chi connectivity index (χ1) is 22.5. The van der Waals surface area contributed by atoms with E-state index in [1.807, 2.05) is 25.2 Å². The SMILES string of the molecule is COc1cc(C(=O)N2CC3CCC2[C@@H]3C)cc2nc(-c3cc4ccc(-c5ccc(NS(C)(=O)=O)c(Cl)c5)cc4n3CC3CC3)n(C)c12. The van der Waals surface area contributed by atoms with Gasteiger partial charge in [-0.25, -0.2) is 13.4 Å². The monoisotopic (exact) mass is 671 g/mol. The van der Waals surface area contributed by atoms with Crippen molar-refractivity contribution in [2.45, 2.75) is 45.2 Å². The largest absolute Gasteiger partial charge is 0.494 e. The number of rotatable bonds is 8. The third-order valence-electron chi connectivity index (χ3n) is 10.5. The van der Waals surface area contributed by atoms with Crippen LogP contribution in [-0.2, 0) is 23.6 Å². The smallest absolute Gasteiger partial charge is 0.254 e. The number of nitrogens with zero attached hydrogens (tertiary/aromatic N) is 4. The summed E-state index contributed by atoms with van der Waals surface area (Å²) in [5.41, 5.74) is 6.54. The molecule has 2 aromatic heterocycles. The van der Waals surface area contributed by atoms with Gasteiger partial charge in [-0.2, -0.15) is 0 Å². The number of hydrogen-bond acceptors (Lipinski definition) is 5. The number of piperidine rings is 1. The van der Waals surface area contributed by atoms with Crippen LogP contribution in [0.15, 0.2) is 54.6 Å². The summed E-state index contributed by atoms with van der Waals surface area (Å²) in [4.78, 5) is 21.0. The van der Waals surface area contributed by atoms with Crippen LogP contribution in [-0.4, -0.2) is 59.3 Å². The number of aromatic nitrogens is 3. The average Bonchev–Trinajstić information content (AvgIpc) is 3.44. The van der Waals surface area contributed by atoms with Gasteiger partial charge in [0.15, 0.2) is 5.82 Å². The second-order valence-corrected chi connectivity index (χ2v) is 15.8. The van der Waals surface area contributed by atoms with Crippen molar-refractivity contribution in [2.75, 3.05) is 24.6 Å². The van der Waals surface area contributed by atoms with Gasteiger partial charge in [0, 0.05) is 42.6 Å². The van der Waals surface area contributed by atoms with Crippen LogP contribution in [0.1, 0.15) is 43.0 Å². The number of likely N-dealkylation sites (tertiary alicyclic amines) is 1. The molecule has 1 N–H and O–H groups in total. The molecule has 3 atom stereocenters. The van der Waals surface area contributed by atoms with Crippen LogP contribution in [0.2, 0.25) is 5.02 Å². The molecule has 11 heteroatoms. The average molecular weight is 672 g/mol. The molecule has 9 nitrogen and oxygen atoms in total. The Balaban J connectivity index is 1.21. The van der Waals surface area contributed by atoms with Gasteiger partial charge in [-0.05, 0) is 91.0 Å². The lowest BCUT2D eigenvalue weighted by atomic mass is 10.0. The summed E-state index contributed by atoms with van der Waals surface area (Å²) in [5, 5.41) is 1.43. The number of carbonyl (C=O) groups excluding carboxylic acids is 1. The van der Waals surface area contributed by atoms with Gasteiger partial charge in [0.2, 0.25) is 10.0 Å². The summed E-state index contributed by atoms with van der Waals surface area (Å²) in [7, 11) is 0.213. The Bertz CT molecular complexity index is 2200. The highest BCUT2D eigenvalue weighted by atomic mass is 35.5. The maximum atomic E-state index is 13.8. The van der Waals surface area contributed by atoms with Crippen molar-refractivity contribution in [1.29, 1.82) is 0 Å². The van der Waals surface area contributed by atoms with Crippen molar-refractivity contribution in [3.63, 3.8) is 0 Å². The van der Waals surface area contributed by atoms with E-state index in [0.29, 0.717) is 45.8 Å². The zero-order chi connectivity index (χ0) is 32.8. The van der Waals surface area contributed by atoms with Gasteiger partial charge in [0.25, 0.3) is 5.91 Å². The second kappa shape index (κ2) is 11.0. The normalized spacial score (nSPS) is 20.9. The van der Waals surface area contributed by atoms with Crippen molar-refractivity contribution in [2.24, 2.45) is 24.8 Å². The first-order valence-electron chi connectivity index (χ1n) is 16.3. The van der Waals surface area contributed by atoms with Gasteiger partial charge >= 0.3 is 0 Å². The molecule has 8 rings (SSSR count). The summed E-state index contributed by atoms with van der Waals surface area (Å²) in [6.45, 7) is 3.98. The zero-order valence-corrected chi connectivity index (χ0v) is 28.5. The zero-order valence-electron chi connectivity index (χ0n) is 27.0. The molecule has 3 aromatic carbocycles. The molecule has 244 valence electrons. The predicted octanol–water partition coefficient (Wildman–Crippen LogP) is 7.18. The summed E-state index contributed by atoms with van der Waals surface area (Å²) in [5.74, 6) is 3.27. The predicted molar refractivity (Wildman–Crippen MR) is 187 cm³/mol. The van der Waals surface area contributed by atoms with Crippen molar-refractivity contribution in [3.8, 4) is 28.4 Å². The maximum absolute atomic E-state index is 13.8. The fourth-order valence-corrected chi connectivity index (χ4v) is 8.74. The lowest BCUT2D eigenvalue weighted by molar-refractivity contribution is 0.0696. The molecule has 0 spiro atoms. The van der Waals surface area contributed by atoms with Crippen LogP contribution in [0.4, 0.5) is 5.69 Å². The lowest BCUT2D eigenvalue weighted by Gasteiger charge is -2.27. The lowest BCUT2D eigenvalue weighted by Crippen LogP contribution is -2.38. The Morgan fingerprint density at radius 1 is 1.04 bits per heavy atom. The number of aryl methyl sites for hydroxylation is 1. The molecule has 2 saturated carbocycles. The van der Waals surface area contributed by atoms with Gasteiger partial charge in [0.1, 0.15) is 11.3 Å². The van der Waals surface area contributed by atoms with Gasteiger partial charge in [0.05, 0.1) is 35.3 Å². The molecule has 1 amide bonds. The first-order valence-corrected chi connectivity index (χ1v) is 18.5. The van der Waals surface area contributed by atoms with E-state index < -0.39 is 10.0 Å². The van der Waals surface area contributed by atoms with Crippen LogP contribution in [0, 0.1) is 17.8 Å². The summed E-state index contributed by atoms with van der Waals surface area (Å²) in [6, 6.07) is 18.0. The quantitative estimate of drug-likeness (QED) is 0.189. The van der Waals surface area contributed by atoms with Crippen molar-refractivity contribution >= 4 is 55.2 Å². The minimum Gasteiger partial charge on any atom is -0.494 e. The molecule has 2 unspecified atom stereocenters. The minimum atomic E-state index is -3.45.